The van der Waals surface area contributed by atoms with Gasteiger partial charge in [0.1, 0.15) is 0 Å². The second-order valence-corrected chi connectivity index (χ2v) is 7.25. The van der Waals surface area contributed by atoms with Gasteiger partial charge in [-0.15, -0.1) is 0 Å². The van der Waals surface area contributed by atoms with Gasteiger partial charge in [0.2, 0.25) is 0 Å². The number of nitrogens with one attached hydrogen (secondary N) is 1. The van der Waals surface area contributed by atoms with Crippen LogP contribution in [-0.2, 0) is 14.3 Å². The van der Waals surface area contributed by atoms with Crippen LogP contribution >= 0.6 is 11.8 Å². The topological polar surface area (TPSA) is 47.6 Å². The molecule has 2 aliphatic rings. The van der Waals surface area contributed by atoms with Crippen molar-refractivity contribution in [1.29, 1.82) is 0 Å². The molecule has 2 atom stereocenters. The second-order valence-electron chi connectivity index (χ2n) is 6.03. The van der Waals surface area contributed by atoms with E-state index in [0.29, 0.717) is 17.7 Å². The summed E-state index contributed by atoms with van der Waals surface area (Å²) in [7, 11) is 1.48. The van der Waals surface area contributed by atoms with E-state index in [4.69, 9.17) is 9.47 Å². The van der Waals surface area contributed by atoms with Crippen LogP contribution in [0.1, 0.15) is 39.0 Å². The van der Waals surface area contributed by atoms with E-state index in [2.05, 4.69) is 12.2 Å². The van der Waals surface area contributed by atoms with Crippen molar-refractivity contribution in [2.75, 3.05) is 32.6 Å². The van der Waals surface area contributed by atoms with Crippen LogP contribution in [-0.4, -0.2) is 49.9 Å². The number of carbonyl (C=O) groups is 1. The standard InChI is InChI=1S/C15H27NO3S/c1-3-7-16-12-4-8-19-10-13(12)20-11-15(5-6-15)9-14(17)18-2/h12-13,16H,3-11H2,1-2H3. The maximum atomic E-state index is 11.5. The zero-order valence-electron chi connectivity index (χ0n) is 12.7. The lowest BCUT2D eigenvalue weighted by Gasteiger charge is -2.32. The Morgan fingerprint density at radius 2 is 2.30 bits per heavy atom. The van der Waals surface area contributed by atoms with Crippen molar-refractivity contribution in [3.8, 4) is 0 Å². The SMILES string of the molecule is CCCNC1CCOCC1SCC1(CC(=O)OC)CC1. The highest BCUT2D eigenvalue weighted by molar-refractivity contribution is 8.00. The largest absolute Gasteiger partial charge is 0.469 e. The van der Waals surface area contributed by atoms with Crippen molar-refractivity contribution in [3.05, 3.63) is 0 Å². The van der Waals surface area contributed by atoms with Crippen molar-refractivity contribution in [3.63, 3.8) is 0 Å². The zero-order valence-corrected chi connectivity index (χ0v) is 13.5. The number of rotatable bonds is 8. The molecule has 0 bridgehead atoms. The molecule has 0 aromatic rings. The molecule has 4 nitrogen and oxygen atoms in total. The van der Waals surface area contributed by atoms with Gasteiger partial charge in [0.25, 0.3) is 0 Å². The predicted molar refractivity (Wildman–Crippen MR) is 82.1 cm³/mol. The number of carbonyl (C=O) groups excluding carboxylic acids is 1. The molecule has 1 saturated carbocycles. The van der Waals surface area contributed by atoms with E-state index >= 15 is 0 Å². The lowest BCUT2D eigenvalue weighted by molar-refractivity contribution is -0.141. The van der Waals surface area contributed by atoms with Gasteiger partial charge in [0.15, 0.2) is 0 Å². The zero-order chi connectivity index (χ0) is 14.4. The monoisotopic (exact) mass is 301 g/mol. The number of hydrogen-bond donors (Lipinski definition) is 1. The van der Waals surface area contributed by atoms with Crippen molar-refractivity contribution >= 4 is 17.7 Å². The van der Waals surface area contributed by atoms with Crippen molar-refractivity contribution in [2.24, 2.45) is 5.41 Å². The maximum Gasteiger partial charge on any atom is 0.306 e. The summed E-state index contributed by atoms with van der Waals surface area (Å²) in [5.41, 5.74) is 0.213. The molecule has 0 spiro atoms. The first-order chi connectivity index (χ1) is 9.69. The summed E-state index contributed by atoms with van der Waals surface area (Å²) in [6.07, 6.45) is 5.17. The summed E-state index contributed by atoms with van der Waals surface area (Å²) in [5, 5.41) is 4.16. The van der Waals surface area contributed by atoms with E-state index in [0.717, 1.165) is 44.8 Å². The van der Waals surface area contributed by atoms with E-state index in [-0.39, 0.29) is 11.4 Å². The Balaban J connectivity index is 1.77. The first kappa shape index (κ1) is 16.1. The van der Waals surface area contributed by atoms with Crippen LogP contribution < -0.4 is 5.32 Å². The normalized spacial score (nSPS) is 28.1. The van der Waals surface area contributed by atoms with E-state index in [1.165, 1.54) is 13.5 Å². The molecule has 1 aliphatic heterocycles. The number of thioether (sulfide) groups is 1. The Morgan fingerprint density at radius 3 is 2.95 bits per heavy atom. The molecule has 0 amide bonds. The summed E-state index contributed by atoms with van der Waals surface area (Å²) in [4.78, 5) is 11.5. The average Bonchev–Trinajstić information content (AvgIpc) is 3.23. The summed E-state index contributed by atoms with van der Waals surface area (Å²) in [6, 6.07) is 0.558. The first-order valence-corrected chi connectivity index (χ1v) is 8.73. The molecule has 1 aliphatic carbocycles. The number of methoxy groups -OCH3 is 1. The molecule has 1 N–H and O–H groups in total. The quantitative estimate of drug-likeness (QED) is 0.697. The first-order valence-electron chi connectivity index (χ1n) is 7.69. The smallest absolute Gasteiger partial charge is 0.306 e. The Hall–Kier alpha value is -0.260. The molecule has 0 aromatic carbocycles. The van der Waals surface area contributed by atoms with Crippen molar-refractivity contribution in [1.82, 2.24) is 5.32 Å². The fourth-order valence-electron chi connectivity index (χ4n) is 2.65. The molecule has 5 heteroatoms. The van der Waals surface area contributed by atoms with Crippen molar-refractivity contribution < 1.29 is 14.3 Å². The van der Waals surface area contributed by atoms with E-state index in [1.807, 2.05) is 11.8 Å². The fourth-order valence-corrected chi connectivity index (χ4v) is 4.27. The van der Waals surface area contributed by atoms with E-state index < -0.39 is 0 Å². The lowest BCUT2D eigenvalue weighted by atomic mass is 10.1. The second kappa shape index (κ2) is 7.66. The average molecular weight is 301 g/mol. The maximum absolute atomic E-state index is 11.5. The Labute approximate surface area is 126 Å². The highest BCUT2D eigenvalue weighted by atomic mass is 32.2. The fraction of sp³-hybridized carbons (Fsp3) is 0.933. The molecule has 0 aromatic heterocycles. The van der Waals surface area contributed by atoms with Crippen LogP contribution in [0.2, 0.25) is 0 Å². The highest BCUT2D eigenvalue weighted by Gasteiger charge is 2.45. The van der Waals surface area contributed by atoms with Crippen LogP contribution in [0, 0.1) is 5.41 Å². The Bertz CT molecular complexity index is 320. The minimum Gasteiger partial charge on any atom is -0.469 e. The van der Waals surface area contributed by atoms with E-state index in [9.17, 15) is 4.79 Å². The molecular formula is C15H27NO3S. The molecule has 20 heavy (non-hydrogen) atoms. The van der Waals surface area contributed by atoms with Gasteiger partial charge < -0.3 is 14.8 Å². The minimum atomic E-state index is -0.0661. The van der Waals surface area contributed by atoms with Gasteiger partial charge in [-0.1, -0.05) is 6.92 Å². The third-order valence-electron chi connectivity index (χ3n) is 4.27. The summed E-state index contributed by atoms with van der Waals surface area (Å²) >= 11 is 1.98. The van der Waals surface area contributed by atoms with Crippen LogP contribution in [0.25, 0.3) is 0 Å². The summed E-state index contributed by atoms with van der Waals surface area (Å²) < 4.78 is 10.4. The van der Waals surface area contributed by atoms with Gasteiger partial charge in [-0.2, -0.15) is 11.8 Å². The summed E-state index contributed by atoms with van der Waals surface area (Å²) in [5.74, 6) is 0.990. The van der Waals surface area contributed by atoms with E-state index in [1.54, 1.807) is 0 Å². The molecule has 116 valence electrons. The molecule has 2 fully saturated rings. The van der Waals surface area contributed by atoms with Crippen molar-refractivity contribution in [2.45, 2.75) is 50.3 Å². The third-order valence-corrected chi connectivity index (χ3v) is 5.94. The van der Waals surface area contributed by atoms with Crippen LogP contribution in [0.3, 0.4) is 0 Å². The minimum absolute atomic E-state index is 0.0661. The number of hydrogen-bond acceptors (Lipinski definition) is 5. The van der Waals surface area contributed by atoms with Gasteiger partial charge >= 0.3 is 5.97 Å². The number of ether oxygens (including phenoxy) is 2. The molecule has 2 unspecified atom stereocenters. The Morgan fingerprint density at radius 1 is 1.50 bits per heavy atom. The van der Waals surface area contributed by atoms with Gasteiger partial charge in [-0.3, -0.25) is 4.79 Å². The predicted octanol–water partition coefficient (Wildman–Crippen LogP) is 2.22. The molecule has 1 heterocycles. The summed E-state index contributed by atoms with van der Waals surface area (Å²) in [6.45, 7) is 4.98. The third kappa shape index (κ3) is 4.64. The van der Waals surface area contributed by atoms with Gasteiger partial charge in [0, 0.05) is 17.9 Å². The highest BCUT2D eigenvalue weighted by Crippen LogP contribution is 2.52. The van der Waals surface area contributed by atoms with Gasteiger partial charge in [-0.25, -0.2) is 0 Å². The van der Waals surface area contributed by atoms with Gasteiger partial charge in [0.05, 0.1) is 20.1 Å². The van der Waals surface area contributed by atoms with Crippen LogP contribution in [0.4, 0.5) is 0 Å². The molecule has 1 saturated heterocycles. The van der Waals surface area contributed by atoms with Crippen LogP contribution in [0.5, 0.6) is 0 Å². The molecule has 0 radical (unpaired) electrons. The lowest BCUT2D eigenvalue weighted by Crippen LogP contribution is -2.45. The van der Waals surface area contributed by atoms with Crippen LogP contribution in [0.15, 0.2) is 0 Å². The van der Waals surface area contributed by atoms with Gasteiger partial charge in [-0.05, 0) is 43.4 Å². The Kier molecular flexibility index (Phi) is 6.18. The number of esters is 1. The molecular weight excluding hydrogens is 274 g/mol. The molecule has 2 rings (SSSR count).